The summed E-state index contributed by atoms with van der Waals surface area (Å²) in [7, 11) is 0. The van der Waals surface area contributed by atoms with Crippen LogP contribution in [0.25, 0.3) is 10.6 Å². The minimum absolute atomic E-state index is 0.313. The quantitative estimate of drug-likeness (QED) is 0.805. The number of nitrogens with one attached hydrogen (secondary N) is 1. The molecule has 22 heavy (non-hydrogen) atoms. The van der Waals surface area contributed by atoms with Crippen molar-refractivity contribution < 1.29 is 9.18 Å². The maximum Gasteiger partial charge on any atom is 0.276 e. The van der Waals surface area contributed by atoms with Crippen molar-refractivity contribution in [2.45, 2.75) is 6.92 Å². The molecule has 0 saturated heterocycles. The zero-order valence-electron chi connectivity index (χ0n) is 11.6. The molecule has 0 radical (unpaired) electrons. The minimum atomic E-state index is -0.342. The van der Waals surface area contributed by atoms with Gasteiger partial charge < -0.3 is 0 Å². The lowest BCUT2D eigenvalue weighted by molar-refractivity contribution is 0.102. The zero-order chi connectivity index (χ0) is 15.5. The van der Waals surface area contributed by atoms with Crippen molar-refractivity contribution >= 4 is 22.4 Å². The van der Waals surface area contributed by atoms with Crippen molar-refractivity contribution in [3.63, 3.8) is 0 Å². The van der Waals surface area contributed by atoms with Crippen molar-refractivity contribution in [2.75, 3.05) is 5.32 Å². The van der Waals surface area contributed by atoms with Gasteiger partial charge in [0.1, 0.15) is 16.5 Å². The molecule has 5 nitrogen and oxygen atoms in total. The standard InChI is InChI=1S/C15H11FN4OS/c1-9-3-2-4-12(17-9)13(21)18-15-20-19-14(22-15)10-5-7-11(16)8-6-10/h2-8H,1H3,(H,18,20,21). The van der Waals surface area contributed by atoms with E-state index < -0.39 is 0 Å². The molecule has 2 aromatic heterocycles. The number of amides is 1. The summed E-state index contributed by atoms with van der Waals surface area (Å²) in [6, 6.07) is 11.1. The number of carbonyl (C=O) groups excluding carboxylic acids is 1. The lowest BCUT2D eigenvalue weighted by Gasteiger charge is -2.00. The normalized spacial score (nSPS) is 10.5. The van der Waals surface area contributed by atoms with E-state index >= 15 is 0 Å². The largest absolute Gasteiger partial charge is 0.295 e. The van der Waals surface area contributed by atoms with Crippen LogP contribution in [0, 0.1) is 12.7 Å². The lowest BCUT2D eigenvalue weighted by atomic mass is 10.2. The van der Waals surface area contributed by atoms with Crippen LogP contribution in [0.1, 0.15) is 16.2 Å². The molecule has 7 heteroatoms. The van der Waals surface area contributed by atoms with E-state index in [1.807, 2.05) is 13.0 Å². The van der Waals surface area contributed by atoms with Gasteiger partial charge >= 0.3 is 0 Å². The van der Waals surface area contributed by atoms with Crippen LogP contribution in [0.3, 0.4) is 0 Å². The number of hydrogen-bond donors (Lipinski definition) is 1. The number of nitrogens with zero attached hydrogens (tertiary/aromatic N) is 3. The van der Waals surface area contributed by atoms with Crippen LogP contribution >= 0.6 is 11.3 Å². The average Bonchev–Trinajstić information content (AvgIpc) is 2.96. The molecular weight excluding hydrogens is 303 g/mol. The van der Waals surface area contributed by atoms with E-state index in [-0.39, 0.29) is 11.7 Å². The molecule has 2 heterocycles. The Kier molecular flexibility index (Phi) is 3.88. The summed E-state index contributed by atoms with van der Waals surface area (Å²) in [6.45, 7) is 1.81. The highest BCUT2D eigenvalue weighted by Crippen LogP contribution is 2.26. The predicted molar refractivity (Wildman–Crippen MR) is 82.2 cm³/mol. The molecule has 3 aromatic rings. The maximum atomic E-state index is 12.9. The Morgan fingerprint density at radius 2 is 1.91 bits per heavy atom. The van der Waals surface area contributed by atoms with Gasteiger partial charge in [-0.3, -0.25) is 10.1 Å². The van der Waals surface area contributed by atoms with Crippen molar-refractivity contribution in [1.29, 1.82) is 0 Å². The fourth-order valence-corrected chi connectivity index (χ4v) is 2.56. The van der Waals surface area contributed by atoms with E-state index in [1.165, 1.54) is 23.5 Å². The number of rotatable bonds is 3. The average molecular weight is 314 g/mol. The van der Waals surface area contributed by atoms with Crippen LogP contribution in [0.5, 0.6) is 0 Å². The molecular formula is C15H11FN4OS. The maximum absolute atomic E-state index is 12.9. The summed E-state index contributed by atoms with van der Waals surface area (Å²) in [4.78, 5) is 16.2. The molecule has 0 saturated carbocycles. The summed E-state index contributed by atoms with van der Waals surface area (Å²) in [5, 5.41) is 11.5. The third-order valence-corrected chi connectivity index (χ3v) is 3.75. The Bertz CT molecular complexity index is 816. The molecule has 0 aliphatic heterocycles. The topological polar surface area (TPSA) is 67.8 Å². The summed E-state index contributed by atoms with van der Waals surface area (Å²) in [6.07, 6.45) is 0. The van der Waals surface area contributed by atoms with E-state index in [2.05, 4.69) is 20.5 Å². The molecule has 0 aliphatic carbocycles. The van der Waals surface area contributed by atoms with E-state index in [0.717, 1.165) is 11.3 Å². The molecule has 0 aliphatic rings. The number of carbonyl (C=O) groups is 1. The van der Waals surface area contributed by atoms with Crippen LogP contribution in [0.4, 0.5) is 9.52 Å². The van der Waals surface area contributed by atoms with Gasteiger partial charge in [-0.1, -0.05) is 17.4 Å². The molecule has 0 spiro atoms. The third-order valence-electron chi connectivity index (χ3n) is 2.86. The molecule has 3 rings (SSSR count). The monoisotopic (exact) mass is 314 g/mol. The van der Waals surface area contributed by atoms with Crippen molar-refractivity contribution in [2.24, 2.45) is 0 Å². The first-order valence-electron chi connectivity index (χ1n) is 6.46. The lowest BCUT2D eigenvalue weighted by Crippen LogP contribution is -2.13. The van der Waals surface area contributed by atoms with E-state index in [4.69, 9.17) is 0 Å². The van der Waals surface area contributed by atoms with Gasteiger partial charge in [0.05, 0.1) is 0 Å². The fourth-order valence-electron chi connectivity index (χ4n) is 1.81. The van der Waals surface area contributed by atoms with Gasteiger partial charge in [-0.05, 0) is 43.3 Å². The second kappa shape index (κ2) is 5.98. The third kappa shape index (κ3) is 3.15. The van der Waals surface area contributed by atoms with Crippen LogP contribution in [0.2, 0.25) is 0 Å². The first kappa shape index (κ1) is 14.3. The van der Waals surface area contributed by atoms with Gasteiger partial charge in [-0.2, -0.15) is 0 Å². The number of anilines is 1. The van der Waals surface area contributed by atoms with Gasteiger partial charge in [-0.25, -0.2) is 9.37 Å². The number of halogens is 1. The van der Waals surface area contributed by atoms with Gasteiger partial charge in [0.15, 0.2) is 0 Å². The molecule has 1 aromatic carbocycles. The van der Waals surface area contributed by atoms with Crippen LogP contribution in [-0.2, 0) is 0 Å². The number of pyridine rings is 1. The predicted octanol–water partition coefficient (Wildman–Crippen LogP) is 3.30. The highest BCUT2D eigenvalue weighted by molar-refractivity contribution is 7.18. The molecule has 0 fully saturated rings. The smallest absolute Gasteiger partial charge is 0.276 e. The molecule has 110 valence electrons. The summed E-state index contributed by atoms with van der Waals surface area (Å²) < 4.78 is 12.9. The van der Waals surface area contributed by atoms with Gasteiger partial charge in [0.25, 0.3) is 5.91 Å². The second-order valence-electron chi connectivity index (χ2n) is 4.54. The Labute approximate surface area is 129 Å². The van der Waals surface area contributed by atoms with Crippen molar-refractivity contribution in [1.82, 2.24) is 15.2 Å². The summed E-state index contributed by atoms with van der Waals surface area (Å²) >= 11 is 1.21. The van der Waals surface area contributed by atoms with Crippen LogP contribution in [-0.4, -0.2) is 21.1 Å². The highest BCUT2D eigenvalue weighted by atomic mass is 32.1. The molecule has 0 atom stereocenters. The van der Waals surface area contributed by atoms with E-state index in [1.54, 1.807) is 24.3 Å². The van der Waals surface area contributed by atoms with Gasteiger partial charge in [0.2, 0.25) is 5.13 Å². The Morgan fingerprint density at radius 1 is 1.14 bits per heavy atom. The van der Waals surface area contributed by atoms with Crippen LogP contribution in [0.15, 0.2) is 42.5 Å². The molecule has 0 unspecified atom stereocenters. The SMILES string of the molecule is Cc1cccc(C(=O)Nc2nnc(-c3ccc(F)cc3)s2)n1. The van der Waals surface area contributed by atoms with Gasteiger partial charge in [-0.15, -0.1) is 10.2 Å². The van der Waals surface area contributed by atoms with E-state index in [0.29, 0.717) is 15.8 Å². The second-order valence-corrected chi connectivity index (χ2v) is 5.52. The van der Waals surface area contributed by atoms with Crippen molar-refractivity contribution in [3.8, 4) is 10.6 Å². The fraction of sp³-hybridized carbons (Fsp3) is 0.0667. The molecule has 1 N–H and O–H groups in total. The Balaban J connectivity index is 1.77. The Morgan fingerprint density at radius 3 is 2.64 bits per heavy atom. The highest BCUT2D eigenvalue weighted by Gasteiger charge is 2.12. The summed E-state index contributed by atoms with van der Waals surface area (Å²) in [5.41, 5.74) is 1.82. The number of aromatic nitrogens is 3. The number of benzene rings is 1. The Hall–Kier alpha value is -2.67. The molecule has 1 amide bonds. The number of hydrogen-bond acceptors (Lipinski definition) is 5. The van der Waals surface area contributed by atoms with E-state index in [9.17, 15) is 9.18 Å². The minimum Gasteiger partial charge on any atom is -0.295 e. The van der Waals surface area contributed by atoms with Crippen LogP contribution < -0.4 is 5.32 Å². The summed E-state index contributed by atoms with van der Waals surface area (Å²) in [5.74, 6) is -0.655. The zero-order valence-corrected chi connectivity index (χ0v) is 12.4. The van der Waals surface area contributed by atoms with Gasteiger partial charge in [0, 0.05) is 11.3 Å². The first-order chi connectivity index (χ1) is 10.6. The molecule has 0 bridgehead atoms. The van der Waals surface area contributed by atoms with Crippen molar-refractivity contribution in [3.05, 3.63) is 59.7 Å². The first-order valence-corrected chi connectivity index (χ1v) is 7.28. The number of aryl methyl sites for hydroxylation is 1.